The van der Waals surface area contributed by atoms with E-state index in [-0.39, 0.29) is 24.1 Å². The number of fused-ring (bicyclic) bond motifs is 1. The molecule has 5 rings (SSSR count). The fraction of sp³-hybridized carbons (Fsp3) is 0.286. The summed E-state index contributed by atoms with van der Waals surface area (Å²) in [5.41, 5.74) is 3.62. The van der Waals surface area contributed by atoms with Crippen LogP contribution in [-0.2, 0) is 0 Å². The maximum absolute atomic E-state index is 12.1. The lowest BCUT2D eigenvalue weighted by molar-refractivity contribution is 0.0668. The quantitative estimate of drug-likeness (QED) is 0.434. The van der Waals surface area contributed by atoms with Gasteiger partial charge in [-0.25, -0.2) is 0 Å². The summed E-state index contributed by atoms with van der Waals surface area (Å²) >= 11 is 5.98. The van der Waals surface area contributed by atoms with Gasteiger partial charge in [-0.1, -0.05) is 29.8 Å². The fourth-order valence-electron chi connectivity index (χ4n) is 4.17. The molecule has 35 heavy (non-hydrogen) atoms. The molecule has 1 saturated heterocycles. The molecule has 7 heteroatoms. The summed E-state index contributed by atoms with van der Waals surface area (Å²) in [7, 11) is 0. The zero-order valence-electron chi connectivity index (χ0n) is 19.6. The van der Waals surface area contributed by atoms with Crippen LogP contribution in [0.2, 0.25) is 5.02 Å². The van der Waals surface area contributed by atoms with Crippen LogP contribution in [-0.4, -0.2) is 54.6 Å². The summed E-state index contributed by atoms with van der Waals surface area (Å²) in [5.74, 6) is 2.23. The lowest BCUT2D eigenvalue weighted by atomic mass is 9.93. The maximum Gasteiger partial charge on any atom is 0.127 e. The lowest BCUT2D eigenvalue weighted by Gasteiger charge is -2.37. The van der Waals surface area contributed by atoms with E-state index in [0.717, 1.165) is 53.4 Å². The number of allylic oxidation sites excluding steroid dienone is 1. The molecule has 2 aliphatic rings. The molecule has 184 valence electrons. The number of phenols is 2. The average molecular weight is 498 g/mol. The van der Waals surface area contributed by atoms with Gasteiger partial charge in [0.05, 0.1) is 6.67 Å². The van der Waals surface area contributed by atoms with Crippen molar-refractivity contribution in [1.82, 2.24) is 4.90 Å². The molecule has 0 aromatic heterocycles. The van der Waals surface area contributed by atoms with Gasteiger partial charge in [0.15, 0.2) is 0 Å². The van der Waals surface area contributed by atoms with Crippen molar-refractivity contribution in [3.05, 3.63) is 82.9 Å². The Balaban J connectivity index is 0.000000172. The average Bonchev–Trinajstić information content (AvgIpc) is 2.81. The predicted molar refractivity (Wildman–Crippen MR) is 137 cm³/mol. The first-order chi connectivity index (χ1) is 16.9. The van der Waals surface area contributed by atoms with Crippen molar-refractivity contribution in [2.45, 2.75) is 6.92 Å². The number of para-hydroxylation sites is 1. The largest absolute Gasteiger partial charge is 0.508 e. The molecule has 0 saturated carbocycles. The highest BCUT2D eigenvalue weighted by atomic mass is 35.5. The van der Waals surface area contributed by atoms with Crippen molar-refractivity contribution in [2.75, 3.05) is 39.5 Å². The van der Waals surface area contributed by atoms with Crippen molar-refractivity contribution in [1.29, 1.82) is 0 Å². The first-order valence-corrected chi connectivity index (χ1v) is 11.9. The number of hydrogen-bond donors (Lipinski definition) is 2. The monoisotopic (exact) mass is 497 g/mol. The Bertz CT molecular complexity index is 1160. The van der Waals surface area contributed by atoms with Gasteiger partial charge < -0.3 is 19.7 Å². The number of hydrogen-bond acceptors (Lipinski definition) is 5. The Morgan fingerprint density at radius 1 is 1.03 bits per heavy atom. The summed E-state index contributed by atoms with van der Waals surface area (Å²) in [4.78, 5) is 2.22. The molecule has 0 aliphatic carbocycles. The van der Waals surface area contributed by atoms with Gasteiger partial charge in [-0.15, -0.1) is 0 Å². The van der Waals surface area contributed by atoms with Crippen molar-refractivity contribution >= 4 is 22.7 Å². The van der Waals surface area contributed by atoms with Crippen LogP contribution in [0.1, 0.15) is 18.1 Å². The molecule has 3 aromatic carbocycles. The number of rotatable bonds is 6. The van der Waals surface area contributed by atoms with Gasteiger partial charge in [0.1, 0.15) is 36.2 Å². The molecule has 0 atom stereocenters. The zero-order chi connectivity index (χ0) is 24.8. The van der Waals surface area contributed by atoms with Crippen LogP contribution >= 0.6 is 11.6 Å². The Labute approximate surface area is 210 Å². The third-order valence-electron chi connectivity index (χ3n) is 6.09. The van der Waals surface area contributed by atoms with Crippen molar-refractivity contribution in [3.8, 4) is 23.0 Å². The Hall–Kier alpha value is -3.22. The van der Waals surface area contributed by atoms with Crippen molar-refractivity contribution in [2.24, 2.45) is 5.92 Å². The minimum atomic E-state index is -0.184. The highest BCUT2D eigenvalue weighted by molar-refractivity contribution is 6.31. The number of benzene rings is 3. The number of alkyl halides is 1. The van der Waals surface area contributed by atoms with Crippen LogP contribution in [0, 0.1) is 5.92 Å². The molecule has 1 fully saturated rings. The standard InChI is InChI=1S/C16H13ClO3.C12H16FNO/c1-9-14-7-12(18)2-3-16(14)20-8-15(9)10-4-11(17)6-13(19)5-10;13-8-11-9-14(10-11)6-7-15-12-4-2-1-3-5-12/h2-7,18-19H,8H2,1H3;1-5,11H,6-10H2. The van der Waals surface area contributed by atoms with E-state index in [0.29, 0.717) is 18.2 Å². The molecular weight excluding hydrogens is 469 g/mol. The zero-order valence-corrected chi connectivity index (χ0v) is 20.3. The second-order valence-corrected chi connectivity index (χ2v) is 9.15. The summed E-state index contributed by atoms with van der Waals surface area (Å²) in [6.07, 6.45) is 0. The molecule has 0 bridgehead atoms. The van der Waals surface area contributed by atoms with Crippen LogP contribution in [0.25, 0.3) is 11.1 Å². The minimum absolute atomic E-state index is 0.120. The normalized spacial score (nSPS) is 15.4. The first kappa shape index (κ1) is 24.9. The second kappa shape index (κ2) is 11.5. The van der Waals surface area contributed by atoms with Crippen LogP contribution in [0.4, 0.5) is 4.39 Å². The van der Waals surface area contributed by atoms with Crippen molar-refractivity contribution in [3.63, 3.8) is 0 Å². The molecule has 0 amide bonds. The van der Waals surface area contributed by atoms with E-state index in [1.54, 1.807) is 30.3 Å². The molecule has 5 nitrogen and oxygen atoms in total. The third-order valence-corrected chi connectivity index (χ3v) is 6.31. The summed E-state index contributed by atoms with van der Waals surface area (Å²) < 4.78 is 23.4. The topological polar surface area (TPSA) is 62.2 Å². The number of phenolic OH excluding ortho intramolecular Hbond substituents is 2. The molecule has 0 spiro atoms. The highest BCUT2D eigenvalue weighted by Gasteiger charge is 2.25. The SMILES string of the molecule is CC1=C(c2cc(O)cc(Cl)c2)COc2ccc(O)cc21.FCC1CN(CCOc2ccccc2)C1. The fourth-order valence-corrected chi connectivity index (χ4v) is 4.40. The van der Waals surface area contributed by atoms with Gasteiger partial charge in [0.2, 0.25) is 0 Å². The number of nitrogens with zero attached hydrogens (tertiary/aromatic N) is 1. The Morgan fingerprint density at radius 2 is 1.80 bits per heavy atom. The summed E-state index contributed by atoms with van der Waals surface area (Å²) in [6, 6.07) is 19.7. The first-order valence-electron chi connectivity index (χ1n) is 11.5. The van der Waals surface area contributed by atoms with E-state index in [9.17, 15) is 14.6 Å². The molecule has 3 aromatic rings. The second-order valence-electron chi connectivity index (χ2n) is 8.71. The molecule has 2 N–H and O–H groups in total. The van der Waals surface area contributed by atoms with E-state index in [2.05, 4.69) is 4.90 Å². The third kappa shape index (κ3) is 6.47. The molecule has 2 heterocycles. The minimum Gasteiger partial charge on any atom is -0.508 e. The van der Waals surface area contributed by atoms with Gasteiger partial charge in [-0.05, 0) is 66.6 Å². The van der Waals surface area contributed by atoms with Gasteiger partial charge >= 0.3 is 0 Å². The highest BCUT2D eigenvalue weighted by Crippen LogP contribution is 2.39. The Morgan fingerprint density at radius 3 is 2.51 bits per heavy atom. The van der Waals surface area contributed by atoms with Gasteiger partial charge in [0.25, 0.3) is 0 Å². The molecular formula is C28H29ClFNO4. The maximum atomic E-state index is 12.1. The van der Waals surface area contributed by atoms with E-state index >= 15 is 0 Å². The van der Waals surface area contributed by atoms with Gasteiger partial charge in [-0.2, -0.15) is 0 Å². The van der Waals surface area contributed by atoms with Crippen LogP contribution in [0.3, 0.4) is 0 Å². The predicted octanol–water partition coefficient (Wildman–Crippen LogP) is 6.04. The van der Waals surface area contributed by atoms with E-state index in [1.165, 1.54) is 6.07 Å². The number of halogens is 2. The van der Waals surface area contributed by atoms with Crippen LogP contribution in [0.5, 0.6) is 23.0 Å². The number of likely N-dealkylation sites (tertiary alicyclic amines) is 1. The van der Waals surface area contributed by atoms with Gasteiger partial charge in [-0.3, -0.25) is 9.29 Å². The van der Waals surface area contributed by atoms with Gasteiger partial charge in [0, 0.05) is 41.7 Å². The van der Waals surface area contributed by atoms with E-state index in [1.807, 2.05) is 37.3 Å². The summed E-state index contributed by atoms with van der Waals surface area (Å²) in [5, 5.41) is 19.7. The van der Waals surface area contributed by atoms with Crippen molar-refractivity contribution < 1.29 is 24.1 Å². The molecule has 0 radical (unpaired) electrons. The van der Waals surface area contributed by atoms with Crippen LogP contribution in [0.15, 0.2) is 66.7 Å². The smallest absolute Gasteiger partial charge is 0.127 e. The van der Waals surface area contributed by atoms with E-state index < -0.39 is 0 Å². The number of aromatic hydroxyl groups is 2. The molecule has 0 unspecified atom stereocenters. The lowest BCUT2D eigenvalue weighted by Crippen LogP contribution is -2.49. The molecule has 2 aliphatic heterocycles. The van der Waals surface area contributed by atoms with E-state index in [4.69, 9.17) is 21.1 Å². The summed E-state index contributed by atoms with van der Waals surface area (Å²) in [6.45, 7) is 5.53. The number of ether oxygens (including phenoxy) is 2. The Kier molecular flexibility index (Phi) is 8.16. The van der Waals surface area contributed by atoms with Crippen LogP contribution < -0.4 is 9.47 Å².